The topological polar surface area (TPSA) is 46.5 Å². The predicted octanol–water partition coefficient (Wildman–Crippen LogP) is 13.4. The minimum absolute atomic E-state index is 0.607. The third kappa shape index (κ3) is 5.32. The largest absolute Gasteiger partial charge is 0.307 e. The molecular formula is C52H38N4. The van der Waals surface area contributed by atoms with Crippen LogP contribution in [-0.2, 0) is 0 Å². The molecular weight excluding hydrogens is 681 g/mol. The first-order chi connectivity index (χ1) is 27.4. The molecule has 10 rings (SSSR count). The summed E-state index contributed by atoms with van der Waals surface area (Å²) in [6.07, 6.45) is 0. The maximum Gasteiger partial charge on any atom is 0.0998 e. The van der Waals surface area contributed by atoms with Crippen molar-refractivity contribution in [3.8, 4) is 50.8 Å². The predicted molar refractivity (Wildman–Crippen MR) is 233 cm³/mol. The van der Waals surface area contributed by atoms with Gasteiger partial charge < -0.3 is 9.13 Å². The summed E-state index contributed by atoms with van der Waals surface area (Å²) in [4.78, 5) is 4.69. The van der Waals surface area contributed by atoms with Crippen LogP contribution in [0.4, 0.5) is 0 Å². The molecule has 0 saturated carbocycles. The van der Waals surface area contributed by atoms with E-state index in [0.717, 1.165) is 77.9 Å². The quantitative estimate of drug-likeness (QED) is 0.178. The Hall–Kier alpha value is -7.22. The van der Waals surface area contributed by atoms with E-state index >= 15 is 0 Å². The Morgan fingerprint density at radius 2 is 0.982 bits per heavy atom. The molecule has 4 nitrogen and oxygen atoms in total. The lowest BCUT2D eigenvalue weighted by molar-refractivity contribution is 1.09. The molecule has 10 aromatic rings. The van der Waals surface area contributed by atoms with E-state index in [1.807, 2.05) is 13.8 Å². The zero-order valence-corrected chi connectivity index (χ0v) is 31.8. The summed E-state index contributed by atoms with van der Waals surface area (Å²) >= 11 is 0. The minimum Gasteiger partial charge on any atom is -0.307 e. The second-order valence-electron chi connectivity index (χ2n) is 15.0. The maximum absolute atomic E-state index is 11.0. The molecule has 0 amide bonds. The molecule has 0 aliphatic heterocycles. The average Bonchev–Trinajstić information content (AvgIpc) is 3.72. The molecule has 0 N–H and O–H groups in total. The monoisotopic (exact) mass is 718 g/mol. The minimum atomic E-state index is 0.607. The Kier molecular flexibility index (Phi) is 7.73. The lowest BCUT2D eigenvalue weighted by Gasteiger charge is -2.20. The zero-order chi connectivity index (χ0) is 38.1. The van der Waals surface area contributed by atoms with Crippen LogP contribution >= 0.6 is 0 Å². The number of nitriles is 1. The van der Waals surface area contributed by atoms with Gasteiger partial charge in [-0.05, 0) is 110 Å². The van der Waals surface area contributed by atoms with Crippen molar-refractivity contribution >= 4 is 43.6 Å². The third-order valence-corrected chi connectivity index (χ3v) is 11.3. The third-order valence-electron chi connectivity index (χ3n) is 11.3. The number of nitrogens with zero attached hydrogens (tertiary/aromatic N) is 4. The lowest BCUT2D eigenvalue weighted by Crippen LogP contribution is -2.06. The fourth-order valence-electron chi connectivity index (χ4n) is 8.79. The van der Waals surface area contributed by atoms with E-state index in [-0.39, 0.29) is 0 Å². The van der Waals surface area contributed by atoms with Crippen molar-refractivity contribution in [3.05, 3.63) is 186 Å². The summed E-state index contributed by atoms with van der Waals surface area (Å²) in [5.41, 5.74) is 17.7. The van der Waals surface area contributed by atoms with E-state index in [2.05, 4.69) is 192 Å². The zero-order valence-electron chi connectivity index (χ0n) is 31.8. The highest BCUT2D eigenvalue weighted by Gasteiger charge is 2.23. The van der Waals surface area contributed by atoms with Crippen molar-refractivity contribution in [2.24, 2.45) is 0 Å². The van der Waals surface area contributed by atoms with Crippen LogP contribution in [0.5, 0.6) is 0 Å². The number of pyridine rings is 1. The van der Waals surface area contributed by atoms with Gasteiger partial charge in [-0.2, -0.15) is 5.26 Å². The molecule has 0 unspecified atom stereocenters. The number of fused-ring (bicyclic) bond motifs is 6. The van der Waals surface area contributed by atoms with Crippen LogP contribution in [0.25, 0.3) is 88.4 Å². The summed E-state index contributed by atoms with van der Waals surface area (Å²) in [6, 6.07) is 59.3. The summed E-state index contributed by atoms with van der Waals surface area (Å²) < 4.78 is 4.79. The lowest BCUT2D eigenvalue weighted by atomic mass is 9.97. The Morgan fingerprint density at radius 1 is 0.429 bits per heavy atom. The van der Waals surface area contributed by atoms with Gasteiger partial charge in [0.25, 0.3) is 0 Å². The molecule has 0 fully saturated rings. The van der Waals surface area contributed by atoms with Gasteiger partial charge in [0.15, 0.2) is 0 Å². The number of benzene rings is 7. The van der Waals surface area contributed by atoms with E-state index < -0.39 is 0 Å². The van der Waals surface area contributed by atoms with Gasteiger partial charge >= 0.3 is 0 Å². The second-order valence-corrected chi connectivity index (χ2v) is 15.0. The summed E-state index contributed by atoms with van der Waals surface area (Å²) in [5, 5.41) is 15.6. The van der Waals surface area contributed by atoms with E-state index in [0.29, 0.717) is 5.56 Å². The normalized spacial score (nSPS) is 11.6. The van der Waals surface area contributed by atoms with Crippen molar-refractivity contribution in [1.29, 1.82) is 5.26 Å². The summed E-state index contributed by atoms with van der Waals surface area (Å²) in [6.45, 7) is 8.34. The molecule has 3 heterocycles. The second kappa shape index (κ2) is 13.0. The number of aryl methyl sites for hydroxylation is 4. The van der Waals surface area contributed by atoms with Gasteiger partial charge in [0, 0.05) is 38.5 Å². The van der Waals surface area contributed by atoms with Gasteiger partial charge in [0.2, 0.25) is 0 Å². The van der Waals surface area contributed by atoms with Crippen molar-refractivity contribution < 1.29 is 0 Å². The van der Waals surface area contributed by atoms with E-state index in [1.54, 1.807) is 0 Å². The van der Waals surface area contributed by atoms with Crippen molar-refractivity contribution in [3.63, 3.8) is 0 Å². The van der Waals surface area contributed by atoms with Crippen molar-refractivity contribution in [2.45, 2.75) is 27.7 Å². The van der Waals surface area contributed by atoms with Gasteiger partial charge in [-0.15, -0.1) is 0 Å². The highest BCUT2D eigenvalue weighted by atomic mass is 15.1. The van der Waals surface area contributed by atoms with Crippen LogP contribution in [0.3, 0.4) is 0 Å². The molecule has 0 spiro atoms. The van der Waals surface area contributed by atoms with Gasteiger partial charge in [-0.1, -0.05) is 115 Å². The molecule has 56 heavy (non-hydrogen) atoms. The molecule has 266 valence electrons. The average molecular weight is 719 g/mol. The molecule has 0 atom stereocenters. The Labute approximate surface area is 326 Å². The molecule has 0 saturated heterocycles. The van der Waals surface area contributed by atoms with Crippen molar-refractivity contribution in [1.82, 2.24) is 14.1 Å². The fourth-order valence-corrected chi connectivity index (χ4v) is 8.79. The number of para-hydroxylation sites is 2. The smallest absolute Gasteiger partial charge is 0.0998 e. The van der Waals surface area contributed by atoms with Crippen LogP contribution in [0.15, 0.2) is 158 Å². The molecule has 0 radical (unpaired) electrons. The number of hydrogen-bond acceptors (Lipinski definition) is 2. The fraction of sp³-hybridized carbons (Fsp3) is 0.0769. The number of rotatable bonds is 5. The molecule has 0 aliphatic carbocycles. The van der Waals surface area contributed by atoms with Crippen LogP contribution in [0.2, 0.25) is 0 Å². The first-order valence-corrected chi connectivity index (χ1v) is 19.1. The van der Waals surface area contributed by atoms with Crippen LogP contribution in [-0.4, -0.2) is 14.1 Å². The SMILES string of the molecule is Cc1cccc(-c2ccc3c4ccccc4n(-c4cc(C#N)c(-c5cc(C)nc(C)c5)cc4-n4c5ccccc5c5ccc(-c6ccccc6C)cc54)c3c2)c1. The molecule has 0 bridgehead atoms. The standard InChI is InChI=1S/C52H38N4/c1-32-12-11-14-36(24-32)37-20-22-44-42-16-7-9-18-47(42)55(49(44)27-37)51-29-40(31-53)46(39-25-34(3)54-35(4)26-39)30-52(51)56-48-19-10-8-17-43(48)45-23-21-38(28-50(45)56)41-15-6-5-13-33(41)2/h5-30H,1-4H3. The van der Waals surface area contributed by atoms with Gasteiger partial charge in [-0.25, -0.2) is 0 Å². The summed E-state index contributed by atoms with van der Waals surface area (Å²) in [7, 11) is 0. The Balaban J connectivity index is 1.37. The first kappa shape index (κ1) is 33.4. The summed E-state index contributed by atoms with van der Waals surface area (Å²) in [5.74, 6) is 0. The van der Waals surface area contributed by atoms with Gasteiger partial charge in [0.05, 0.1) is 45.1 Å². The Bertz CT molecular complexity index is 3240. The number of hydrogen-bond donors (Lipinski definition) is 0. The molecule has 0 aliphatic rings. The van der Waals surface area contributed by atoms with Gasteiger partial charge in [0.1, 0.15) is 0 Å². The number of aromatic nitrogens is 3. The highest BCUT2D eigenvalue weighted by Crippen LogP contribution is 2.42. The maximum atomic E-state index is 11.0. The Morgan fingerprint density at radius 3 is 1.62 bits per heavy atom. The molecule has 7 aromatic carbocycles. The molecule has 4 heteroatoms. The van der Waals surface area contributed by atoms with E-state index in [9.17, 15) is 5.26 Å². The highest BCUT2D eigenvalue weighted by molar-refractivity contribution is 6.13. The first-order valence-electron chi connectivity index (χ1n) is 19.1. The molecule has 3 aromatic heterocycles. The van der Waals surface area contributed by atoms with Crippen LogP contribution in [0, 0.1) is 39.0 Å². The van der Waals surface area contributed by atoms with E-state index in [1.165, 1.54) is 33.0 Å². The van der Waals surface area contributed by atoms with E-state index in [4.69, 9.17) is 0 Å². The van der Waals surface area contributed by atoms with Crippen LogP contribution in [0.1, 0.15) is 28.1 Å². The van der Waals surface area contributed by atoms with Crippen molar-refractivity contribution in [2.75, 3.05) is 0 Å². The van der Waals surface area contributed by atoms with Crippen LogP contribution < -0.4 is 0 Å². The van der Waals surface area contributed by atoms with Gasteiger partial charge in [-0.3, -0.25) is 4.98 Å².